The van der Waals surface area contributed by atoms with E-state index in [-0.39, 0.29) is 24.1 Å². The summed E-state index contributed by atoms with van der Waals surface area (Å²) in [7, 11) is 0. The molecule has 0 unspecified atom stereocenters. The number of furan rings is 1. The highest BCUT2D eigenvalue weighted by Gasteiger charge is 2.26. The Kier molecular flexibility index (Phi) is 8.85. The van der Waals surface area contributed by atoms with Crippen LogP contribution in [0.3, 0.4) is 0 Å². The quantitative estimate of drug-likeness (QED) is 0.437. The molecular formula is C29H36N6O4. The van der Waals surface area contributed by atoms with Crippen molar-refractivity contribution in [3.8, 4) is 11.3 Å². The van der Waals surface area contributed by atoms with Gasteiger partial charge in [-0.05, 0) is 37.6 Å². The molecule has 2 aliphatic rings. The van der Waals surface area contributed by atoms with Crippen molar-refractivity contribution in [1.29, 1.82) is 0 Å². The Hall–Kier alpha value is -3.76. The molecule has 1 aromatic carbocycles. The minimum atomic E-state index is -0.262. The molecule has 0 saturated carbocycles. The minimum absolute atomic E-state index is 0.0227. The number of carbonyl (C=O) groups is 2. The second-order valence-electron chi connectivity index (χ2n) is 10.0. The van der Waals surface area contributed by atoms with Crippen LogP contribution in [0.4, 0.5) is 5.82 Å². The van der Waals surface area contributed by atoms with Crippen LogP contribution in [0.1, 0.15) is 22.5 Å². The Labute approximate surface area is 229 Å². The van der Waals surface area contributed by atoms with E-state index >= 15 is 0 Å². The topological polar surface area (TPSA) is 95.2 Å². The standard InChI is InChI=1S/C29H36N6O4/c1-23-5-7-24(8-6-23)25-9-10-27(31-30-25)33-11-3-12-34(16-15-33)28(36)22-35(29(37)26-4-2-19-39-26)14-13-32-17-20-38-21-18-32/h2,4-10,19H,3,11-18,20-22H2,1H3. The zero-order valence-electron chi connectivity index (χ0n) is 22.5. The first-order valence-corrected chi connectivity index (χ1v) is 13.6. The van der Waals surface area contributed by atoms with E-state index in [1.165, 1.54) is 11.8 Å². The summed E-state index contributed by atoms with van der Waals surface area (Å²) in [6, 6.07) is 15.6. The highest BCUT2D eigenvalue weighted by molar-refractivity contribution is 5.94. The van der Waals surface area contributed by atoms with Crippen molar-refractivity contribution < 1.29 is 18.7 Å². The Morgan fingerprint density at radius 2 is 1.74 bits per heavy atom. The van der Waals surface area contributed by atoms with Crippen LogP contribution in [0, 0.1) is 6.92 Å². The summed E-state index contributed by atoms with van der Waals surface area (Å²) in [6.07, 6.45) is 2.29. The van der Waals surface area contributed by atoms with Gasteiger partial charge < -0.3 is 23.9 Å². The highest BCUT2D eigenvalue weighted by atomic mass is 16.5. The molecular weight excluding hydrogens is 496 g/mol. The number of aromatic nitrogens is 2. The average molecular weight is 533 g/mol. The number of aryl methyl sites for hydroxylation is 1. The van der Waals surface area contributed by atoms with Crippen LogP contribution in [0.5, 0.6) is 0 Å². The number of morpholine rings is 1. The number of benzene rings is 1. The number of amides is 2. The number of rotatable bonds is 8. The fourth-order valence-corrected chi connectivity index (χ4v) is 4.93. The molecule has 206 valence electrons. The lowest BCUT2D eigenvalue weighted by Crippen LogP contribution is -2.47. The normalized spacial score (nSPS) is 16.6. The van der Waals surface area contributed by atoms with Crippen molar-refractivity contribution in [3.63, 3.8) is 0 Å². The largest absolute Gasteiger partial charge is 0.459 e. The molecule has 0 atom stereocenters. The minimum Gasteiger partial charge on any atom is -0.459 e. The van der Waals surface area contributed by atoms with Gasteiger partial charge in [0.1, 0.15) is 6.54 Å². The molecule has 2 fully saturated rings. The summed E-state index contributed by atoms with van der Waals surface area (Å²) in [4.78, 5) is 34.4. The molecule has 2 aliphatic heterocycles. The molecule has 5 rings (SSSR count). The highest BCUT2D eigenvalue weighted by Crippen LogP contribution is 2.20. The fraction of sp³-hybridized carbons (Fsp3) is 0.448. The predicted molar refractivity (Wildman–Crippen MR) is 147 cm³/mol. The van der Waals surface area contributed by atoms with Gasteiger partial charge in [0.05, 0.1) is 25.2 Å². The van der Waals surface area contributed by atoms with Crippen molar-refractivity contribution in [1.82, 2.24) is 24.9 Å². The number of hydrogen-bond donors (Lipinski definition) is 0. The summed E-state index contributed by atoms with van der Waals surface area (Å²) in [5.41, 5.74) is 3.08. The van der Waals surface area contributed by atoms with Gasteiger partial charge in [-0.15, -0.1) is 10.2 Å². The van der Waals surface area contributed by atoms with Crippen molar-refractivity contribution in [2.24, 2.45) is 0 Å². The van der Waals surface area contributed by atoms with Gasteiger partial charge in [0.15, 0.2) is 11.6 Å². The van der Waals surface area contributed by atoms with E-state index in [1.807, 2.05) is 17.0 Å². The molecule has 0 radical (unpaired) electrons. The molecule has 2 aromatic heterocycles. The monoisotopic (exact) mass is 532 g/mol. The van der Waals surface area contributed by atoms with Gasteiger partial charge in [-0.2, -0.15) is 0 Å². The van der Waals surface area contributed by atoms with Gasteiger partial charge in [-0.1, -0.05) is 29.8 Å². The Morgan fingerprint density at radius 1 is 0.923 bits per heavy atom. The van der Waals surface area contributed by atoms with E-state index in [9.17, 15) is 9.59 Å². The third-order valence-electron chi connectivity index (χ3n) is 7.31. The zero-order chi connectivity index (χ0) is 27.0. The van der Waals surface area contributed by atoms with Crippen molar-refractivity contribution in [2.45, 2.75) is 13.3 Å². The molecule has 0 bridgehead atoms. The van der Waals surface area contributed by atoms with Crippen LogP contribution in [-0.2, 0) is 9.53 Å². The van der Waals surface area contributed by atoms with Crippen LogP contribution in [-0.4, -0.2) is 109 Å². The van der Waals surface area contributed by atoms with Gasteiger partial charge in [0.25, 0.3) is 5.91 Å². The van der Waals surface area contributed by atoms with E-state index in [0.717, 1.165) is 43.1 Å². The predicted octanol–water partition coefficient (Wildman–Crippen LogP) is 2.56. The Bertz CT molecular complexity index is 1210. The molecule has 2 saturated heterocycles. The molecule has 4 heterocycles. The number of anilines is 1. The molecule has 0 N–H and O–H groups in total. The van der Waals surface area contributed by atoms with E-state index in [1.54, 1.807) is 17.0 Å². The number of carbonyl (C=O) groups excluding carboxylic acids is 2. The fourth-order valence-electron chi connectivity index (χ4n) is 4.93. The third-order valence-corrected chi connectivity index (χ3v) is 7.31. The van der Waals surface area contributed by atoms with Gasteiger partial charge in [-0.25, -0.2) is 0 Å². The third kappa shape index (κ3) is 7.01. The van der Waals surface area contributed by atoms with Crippen molar-refractivity contribution in [3.05, 3.63) is 66.1 Å². The van der Waals surface area contributed by atoms with Gasteiger partial charge >= 0.3 is 0 Å². The van der Waals surface area contributed by atoms with E-state index < -0.39 is 0 Å². The second kappa shape index (κ2) is 12.9. The van der Waals surface area contributed by atoms with Crippen LogP contribution in [0.2, 0.25) is 0 Å². The molecule has 0 spiro atoms. The zero-order valence-corrected chi connectivity index (χ0v) is 22.5. The maximum atomic E-state index is 13.4. The van der Waals surface area contributed by atoms with Gasteiger partial charge in [0.2, 0.25) is 5.91 Å². The summed E-state index contributed by atoms with van der Waals surface area (Å²) < 4.78 is 10.8. The number of hydrogen-bond acceptors (Lipinski definition) is 8. The Balaban J connectivity index is 1.19. The molecule has 0 aliphatic carbocycles. The van der Waals surface area contributed by atoms with Gasteiger partial charge in [-0.3, -0.25) is 14.5 Å². The van der Waals surface area contributed by atoms with Crippen molar-refractivity contribution >= 4 is 17.6 Å². The summed E-state index contributed by atoms with van der Waals surface area (Å²) in [6.45, 7) is 8.90. The number of nitrogens with zero attached hydrogens (tertiary/aromatic N) is 6. The first-order valence-electron chi connectivity index (χ1n) is 13.6. The molecule has 39 heavy (non-hydrogen) atoms. The van der Waals surface area contributed by atoms with E-state index in [2.05, 4.69) is 51.2 Å². The number of ether oxygens (including phenoxy) is 1. The van der Waals surface area contributed by atoms with Crippen LogP contribution < -0.4 is 4.90 Å². The first-order chi connectivity index (χ1) is 19.1. The summed E-state index contributed by atoms with van der Waals surface area (Å²) >= 11 is 0. The van der Waals surface area contributed by atoms with Crippen LogP contribution >= 0.6 is 0 Å². The Morgan fingerprint density at radius 3 is 2.46 bits per heavy atom. The summed E-state index contributed by atoms with van der Waals surface area (Å²) in [5.74, 6) is 0.737. The maximum Gasteiger partial charge on any atom is 0.290 e. The lowest BCUT2D eigenvalue weighted by molar-refractivity contribution is -0.131. The van der Waals surface area contributed by atoms with Crippen LogP contribution in [0.25, 0.3) is 11.3 Å². The van der Waals surface area contributed by atoms with E-state index in [0.29, 0.717) is 45.9 Å². The lowest BCUT2D eigenvalue weighted by Gasteiger charge is -2.30. The molecule has 10 heteroatoms. The smallest absolute Gasteiger partial charge is 0.290 e. The molecule has 2 amide bonds. The molecule has 3 aromatic rings. The molecule has 10 nitrogen and oxygen atoms in total. The van der Waals surface area contributed by atoms with Crippen molar-refractivity contribution in [2.75, 3.05) is 77.0 Å². The summed E-state index contributed by atoms with van der Waals surface area (Å²) in [5, 5.41) is 8.92. The van der Waals surface area contributed by atoms with E-state index in [4.69, 9.17) is 9.15 Å². The van der Waals surface area contributed by atoms with Crippen LogP contribution in [0.15, 0.2) is 59.2 Å². The SMILES string of the molecule is Cc1ccc(-c2ccc(N3CCCN(C(=O)CN(CCN4CCOCC4)C(=O)c4ccco4)CC3)nn2)cc1. The maximum absolute atomic E-state index is 13.4. The first kappa shape index (κ1) is 26.8. The lowest BCUT2D eigenvalue weighted by atomic mass is 10.1. The second-order valence-corrected chi connectivity index (χ2v) is 10.0. The van der Waals surface area contributed by atoms with Gasteiger partial charge in [0, 0.05) is 57.9 Å². The average Bonchev–Trinajstić information content (AvgIpc) is 3.40.